The first-order valence-corrected chi connectivity index (χ1v) is 3.43. The molecule has 0 N–H and O–H groups in total. The highest BCUT2D eigenvalue weighted by atomic mass is 32.1. The van der Waals surface area contributed by atoms with Crippen LogP contribution >= 0.6 is 12.9 Å². The molecule has 6 heavy (non-hydrogen) atoms. The summed E-state index contributed by atoms with van der Waals surface area (Å²) in [6.07, 6.45) is 1.19. The van der Waals surface area contributed by atoms with E-state index in [4.69, 9.17) is 0 Å². The van der Waals surface area contributed by atoms with Gasteiger partial charge in [-0.1, -0.05) is 13.3 Å². The second kappa shape index (κ2) is 5.53. The Morgan fingerprint density at radius 1 is 1.83 bits per heavy atom. The molecule has 36 valence electrons. The summed E-state index contributed by atoms with van der Waals surface area (Å²) in [5.74, 6) is 0. The van der Waals surface area contributed by atoms with E-state index in [1.165, 1.54) is 6.42 Å². The molecule has 0 atom stereocenters. The molecular weight excluding hydrogens is 112 g/mol. The van der Waals surface area contributed by atoms with E-state index in [0.29, 0.717) is 9.76 Å². The van der Waals surface area contributed by atoms with Crippen LogP contribution in [0.1, 0.15) is 13.3 Å². The molecule has 0 saturated heterocycles. The number of hydrogen-bond acceptors (Lipinski definition) is 2. The van der Waals surface area contributed by atoms with Crippen LogP contribution in [0.4, 0.5) is 0 Å². The van der Waals surface area contributed by atoms with Gasteiger partial charge in [-0.25, -0.2) is 0 Å². The lowest BCUT2D eigenvalue weighted by Crippen LogP contribution is -1.84. The monoisotopic (exact) mass is 120 g/mol. The molecule has 0 rings (SSSR count). The zero-order valence-corrected chi connectivity index (χ0v) is 5.66. The summed E-state index contributed by atoms with van der Waals surface area (Å²) in [6.45, 7) is 2.12. The molecule has 0 aliphatic rings. The Morgan fingerprint density at radius 2 is 2.50 bits per heavy atom. The van der Waals surface area contributed by atoms with E-state index < -0.39 is 0 Å². The number of rotatable bonds is 3. The van der Waals surface area contributed by atoms with E-state index in [2.05, 4.69) is 23.7 Å². The molecule has 1 nitrogen and oxygen atoms in total. The van der Waals surface area contributed by atoms with E-state index >= 15 is 0 Å². The van der Waals surface area contributed by atoms with E-state index in [9.17, 15) is 0 Å². The Labute approximate surface area is 46.6 Å². The lowest BCUT2D eigenvalue weighted by Gasteiger charge is -1.84. The fourth-order valence-electron chi connectivity index (χ4n) is 0.148. The smallest absolute Gasteiger partial charge is 0.251 e. The van der Waals surface area contributed by atoms with Crippen molar-refractivity contribution in [2.24, 2.45) is 0 Å². The van der Waals surface area contributed by atoms with Gasteiger partial charge in [0.2, 0.25) is 0 Å². The molecule has 2 radical (unpaired) electrons. The average Bonchev–Trinajstić information content (AvgIpc) is 1.61. The summed E-state index contributed by atoms with van der Waals surface area (Å²) in [4.78, 5) is 0. The lowest BCUT2D eigenvalue weighted by molar-refractivity contribution is 0.703. The third-order valence-corrected chi connectivity index (χ3v) is 1.64. The van der Waals surface area contributed by atoms with E-state index in [1.54, 1.807) is 0 Å². The Bertz CT molecular complexity index is 22.8. The van der Waals surface area contributed by atoms with Crippen molar-refractivity contribution >= 4 is 22.7 Å². The van der Waals surface area contributed by atoms with Crippen molar-refractivity contribution in [3.63, 3.8) is 0 Å². The van der Waals surface area contributed by atoms with Gasteiger partial charge in [0, 0.05) is 0 Å². The number of thiol groups is 1. The highest BCUT2D eigenvalue weighted by Crippen LogP contribution is 1.86. The first-order valence-electron chi connectivity index (χ1n) is 1.95. The second-order valence-corrected chi connectivity index (χ2v) is 2.50. The maximum Gasteiger partial charge on any atom is 0.251 e. The minimum absolute atomic E-state index is 0.579. The predicted octanol–water partition coefficient (Wildman–Crippen LogP) is 1.30. The van der Waals surface area contributed by atoms with Gasteiger partial charge in [0.25, 0.3) is 9.76 Å². The molecule has 3 heteroatoms. The van der Waals surface area contributed by atoms with E-state index in [1.807, 2.05) is 0 Å². The molecule has 0 unspecified atom stereocenters. The SMILES string of the molecule is CCC[Si]OS. The molecule has 0 aromatic carbocycles. The summed E-state index contributed by atoms with van der Waals surface area (Å²) in [5, 5.41) is 0. The summed E-state index contributed by atoms with van der Waals surface area (Å²) in [5.41, 5.74) is 0. The van der Waals surface area contributed by atoms with Crippen LogP contribution < -0.4 is 0 Å². The van der Waals surface area contributed by atoms with Crippen LogP contribution in [0, 0.1) is 0 Å². The molecular formula is C3H8OSSi. The Hall–Kier alpha value is 0.527. The molecule has 0 aromatic heterocycles. The second-order valence-electron chi connectivity index (χ2n) is 0.986. The first-order chi connectivity index (χ1) is 2.91. The normalized spacial score (nSPS) is 9.00. The molecule has 0 bridgehead atoms. The van der Waals surface area contributed by atoms with E-state index in [-0.39, 0.29) is 0 Å². The molecule has 0 aromatic rings. The molecule has 0 spiro atoms. The van der Waals surface area contributed by atoms with Crippen LogP contribution in [0.15, 0.2) is 0 Å². The summed E-state index contributed by atoms with van der Waals surface area (Å²) < 4.78 is 4.50. The highest BCUT2D eigenvalue weighted by Gasteiger charge is 1.80. The van der Waals surface area contributed by atoms with Gasteiger partial charge < -0.3 is 3.87 Å². The molecule has 0 saturated carbocycles. The molecule has 0 amide bonds. The lowest BCUT2D eigenvalue weighted by atomic mass is 10.6. The van der Waals surface area contributed by atoms with Gasteiger partial charge in [-0.2, -0.15) is 0 Å². The molecule has 0 fully saturated rings. The van der Waals surface area contributed by atoms with Crippen LogP contribution in [0.25, 0.3) is 0 Å². The van der Waals surface area contributed by atoms with Gasteiger partial charge in [0.15, 0.2) is 0 Å². The Balaban J connectivity index is 2.34. The fourth-order valence-corrected chi connectivity index (χ4v) is 0.717. The minimum atomic E-state index is 0.579. The number of hydrogen-bond donors (Lipinski definition) is 1. The van der Waals surface area contributed by atoms with Crippen molar-refractivity contribution < 1.29 is 3.87 Å². The van der Waals surface area contributed by atoms with Gasteiger partial charge in [0.05, 0.1) is 0 Å². The molecule has 0 aliphatic carbocycles. The summed E-state index contributed by atoms with van der Waals surface area (Å²) >= 11 is 3.57. The van der Waals surface area contributed by atoms with Crippen molar-refractivity contribution in [1.29, 1.82) is 0 Å². The van der Waals surface area contributed by atoms with Crippen molar-refractivity contribution in [3.8, 4) is 0 Å². The van der Waals surface area contributed by atoms with Gasteiger partial charge in [-0.15, -0.1) is 0 Å². The molecule has 0 heterocycles. The standard InChI is InChI=1S/C3H8OSSi/c1-2-3-6-4-5/h5H,2-3H2,1H3. The van der Waals surface area contributed by atoms with Crippen LogP contribution in [0.5, 0.6) is 0 Å². The largest absolute Gasteiger partial charge is 0.361 e. The average molecular weight is 120 g/mol. The topological polar surface area (TPSA) is 9.23 Å². The summed E-state index contributed by atoms with van der Waals surface area (Å²) in [7, 11) is 0.579. The molecule has 0 aliphatic heterocycles. The zero-order valence-electron chi connectivity index (χ0n) is 3.77. The van der Waals surface area contributed by atoms with Gasteiger partial charge >= 0.3 is 0 Å². The fraction of sp³-hybridized carbons (Fsp3) is 1.00. The minimum Gasteiger partial charge on any atom is -0.361 e. The predicted molar refractivity (Wildman–Crippen MR) is 30.9 cm³/mol. The van der Waals surface area contributed by atoms with Crippen LogP contribution in [-0.2, 0) is 3.87 Å². The van der Waals surface area contributed by atoms with E-state index in [0.717, 1.165) is 6.04 Å². The first kappa shape index (κ1) is 6.53. The van der Waals surface area contributed by atoms with Crippen LogP contribution in [0.3, 0.4) is 0 Å². The highest BCUT2D eigenvalue weighted by molar-refractivity contribution is 7.75. The quantitative estimate of drug-likeness (QED) is 0.255. The third-order valence-electron chi connectivity index (χ3n) is 0.417. The van der Waals surface area contributed by atoms with Crippen LogP contribution in [-0.4, -0.2) is 9.76 Å². The van der Waals surface area contributed by atoms with Crippen molar-refractivity contribution in [2.75, 3.05) is 0 Å². The zero-order chi connectivity index (χ0) is 4.83. The van der Waals surface area contributed by atoms with Crippen molar-refractivity contribution in [3.05, 3.63) is 0 Å². The summed E-state index contributed by atoms with van der Waals surface area (Å²) in [6, 6.07) is 1.14. The van der Waals surface area contributed by atoms with Crippen molar-refractivity contribution in [2.45, 2.75) is 19.4 Å². The van der Waals surface area contributed by atoms with Gasteiger partial charge in [-0.05, 0) is 19.0 Å². The Kier molecular flexibility index (Phi) is 6.01. The van der Waals surface area contributed by atoms with Crippen LogP contribution in [0.2, 0.25) is 6.04 Å². The van der Waals surface area contributed by atoms with Crippen molar-refractivity contribution in [1.82, 2.24) is 0 Å². The maximum atomic E-state index is 4.50. The van der Waals surface area contributed by atoms with Gasteiger partial charge in [0.1, 0.15) is 0 Å². The third kappa shape index (κ3) is 4.53. The maximum absolute atomic E-state index is 4.50. The van der Waals surface area contributed by atoms with Gasteiger partial charge in [-0.3, -0.25) is 0 Å². The Morgan fingerprint density at radius 3 is 2.67 bits per heavy atom.